The van der Waals surface area contributed by atoms with Gasteiger partial charge in [0, 0.05) is 42.3 Å². The van der Waals surface area contributed by atoms with E-state index in [-0.39, 0.29) is 11.7 Å². The smallest absolute Gasteiger partial charge is 0.276 e. The lowest BCUT2D eigenvalue weighted by Crippen LogP contribution is -2.39. The summed E-state index contributed by atoms with van der Waals surface area (Å²) < 4.78 is 31.1. The van der Waals surface area contributed by atoms with Crippen LogP contribution in [0.25, 0.3) is 16.6 Å². The lowest BCUT2D eigenvalue weighted by Gasteiger charge is -2.25. The summed E-state index contributed by atoms with van der Waals surface area (Å²) in [4.78, 5) is 27.8. The van der Waals surface area contributed by atoms with Crippen molar-refractivity contribution < 1.29 is 13.6 Å². The van der Waals surface area contributed by atoms with Crippen molar-refractivity contribution in [2.75, 3.05) is 23.3 Å². The summed E-state index contributed by atoms with van der Waals surface area (Å²) in [6, 6.07) is 9.18. The zero-order chi connectivity index (χ0) is 26.5. The van der Waals surface area contributed by atoms with Crippen LogP contribution in [0.3, 0.4) is 0 Å². The molecular formula is C26H27F2N7O2. The first kappa shape index (κ1) is 24.6. The number of aromatic nitrogens is 4. The van der Waals surface area contributed by atoms with E-state index in [1.54, 1.807) is 6.07 Å². The number of carbonyl (C=O) groups is 1. The van der Waals surface area contributed by atoms with Gasteiger partial charge in [-0.05, 0) is 57.5 Å². The number of fused-ring (bicyclic) bond motifs is 1. The molecule has 0 aliphatic carbocycles. The number of halogens is 2. The summed E-state index contributed by atoms with van der Waals surface area (Å²) in [6.45, 7) is 7.31. The Hall–Kier alpha value is -4.12. The van der Waals surface area contributed by atoms with Crippen molar-refractivity contribution in [1.29, 1.82) is 0 Å². The van der Waals surface area contributed by atoms with Crippen LogP contribution in [0.4, 0.5) is 20.2 Å². The number of nitrogens with one attached hydrogen (secondary N) is 1. The molecule has 1 saturated heterocycles. The van der Waals surface area contributed by atoms with E-state index in [9.17, 15) is 18.4 Å². The van der Waals surface area contributed by atoms with Crippen LogP contribution in [0.2, 0.25) is 0 Å². The lowest BCUT2D eigenvalue weighted by atomic mass is 10.0. The van der Waals surface area contributed by atoms with Gasteiger partial charge in [0.05, 0.1) is 16.9 Å². The van der Waals surface area contributed by atoms with Crippen LogP contribution < -0.4 is 21.5 Å². The molecule has 1 atom stereocenters. The topological polar surface area (TPSA) is 111 Å². The summed E-state index contributed by atoms with van der Waals surface area (Å²) in [5.74, 6) is -2.58. The highest BCUT2D eigenvalue weighted by Crippen LogP contribution is 2.38. The second kappa shape index (κ2) is 9.07. The van der Waals surface area contributed by atoms with Crippen molar-refractivity contribution >= 4 is 28.2 Å². The van der Waals surface area contributed by atoms with Gasteiger partial charge in [0.25, 0.3) is 11.5 Å². The van der Waals surface area contributed by atoms with Crippen LogP contribution in [0.15, 0.2) is 53.5 Å². The Morgan fingerprint density at radius 2 is 1.81 bits per heavy atom. The number of hydrogen-bond acceptors (Lipinski definition) is 6. The van der Waals surface area contributed by atoms with Crippen molar-refractivity contribution in [2.24, 2.45) is 5.73 Å². The Morgan fingerprint density at radius 1 is 1.08 bits per heavy atom. The van der Waals surface area contributed by atoms with Crippen LogP contribution in [0.1, 0.15) is 43.7 Å². The van der Waals surface area contributed by atoms with Gasteiger partial charge in [-0.1, -0.05) is 6.07 Å². The Kier molecular flexibility index (Phi) is 6.03. The molecule has 0 bridgehead atoms. The van der Waals surface area contributed by atoms with Crippen LogP contribution in [-0.2, 0) is 0 Å². The molecule has 37 heavy (non-hydrogen) atoms. The molecule has 1 aliphatic heterocycles. The maximum Gasteiger partial charge on any atom is 0.276 e. The van der Waals surface area contributed by atoms with E-state index < -0.39 is 34.3 Å². The second-order valence-electron chi connectivity index (χ2n) is 9.92. The van der Waals surface area contributed by atoms with Gasteiger partial charge < -0.3 is 16.0 Å². The molecule has 1 aliphatic rings. The van der Waals surface area contributed by atoms with E-state index in [1.165, 1.54) is 12.1 Å². The molecule has 5 rings (SSSR count). The minimum absolute atomic E-state index is 0.140. The Labute approximate surface area is 211 Å². The highest BCUT2D eigenvalue weighted by Gasteiger charge is 2.32. The Morgan fingerprint density at radius 3 is 2.46 bits per heavy atom. The average Bonchev–Trinajstić information content (AvgIpc) is 3.43. The second-order valence-corrected chi connectivity index (χ2v) is 9.92. The summed E-state index contributed by atoms with van der Waals surface area (Å²) in [6.07, 6.45) is 2.71. The van der Waals surface area contributed by atoms with Crippen molar-refractivity contribution in [1.82, 2.24) is 19.6 Å². The number of anilines is 2. The molecular weight excluding hydrogens is 480 g/mol. The fourth-order valence-corrected chi connectivity index (χ4v) is 4.55. The van der Waals surface area contributed by atoms with Crippen molar-refractivity contribution in [2.45, 2.75) is 38.8 Å². The van der Waals surface area contributed by atoms with Crippen LogP contribution in [0.5, 0.6) is 0 Å². The molecule has 0 unspecified atom stereocenters. The van der Waals surface area contributed by atoms with Gasteiger partial charge in [0.15, 0.2) is 11.6 Å². The molecule has 0 saturated carbocycles. The van der Waals surface area contributed by atoms with Crippen LogP contribution in [0, 0.1) is 11.6 Å². The molecule has 1 amide bonds. The fraction of sp³-hybridized carbons (Fsp3) is 0.308. The van der Waals surface area contributed by atoms with Crippen molar-refractivity contribution in [3.05, 3.63) is 76.3 Å². The monoisotopic (exact) mass is 507 g/mol. The summed E-state index contributed by atoms with van der Waals surface area (Å²) >= 11 is 0. The van der Waals surface area contributed by atoms with Gasteiger partial charge in [-0.3, -0.25) is 14.3 Å². The molecule has 3 N–H and O–H groups in total. The standard InChI is InChI=1S/C26H27F2N7O2/c1-15(2)34-13-16-19(31-34)7-8-20(23(16)33-12-11-26(3,29)14-33)30-25(37)21-9-10-22(36)35(32-21)24-17(27)5-4-6-18(24)28/h4-10,13,15H,11-12,14,29H2,1-3H3,(H,30,37)/t26-/m1/s1. The minimum atomic E-state index is -0.971. The Balaban J connectivity index is 1.56. The van der Waals surface area contributed by atoms with E-state index in [4.69, 9.17) is 5.73 Å². The maximum absolute atomic E-state index is 14.3. The van der Waals surface area contributed by atoms with Gasteiger partial charge >= 0.3 is 0 Å². The van der Waals surface area contributed by atoms with Crippen molar-refractivity contribution in [3.63, 3.8) is 0 Å². The van der Waals surface area contributed by atoms with Gasteiger partial charge in [-0.15, -0.1) is 0 Å². The Bertz CT molecular complexity index is 1550. The van der Waals surface area contributed by atoms with Crippen LogP contribution >= 0.6 is 0 Å². The molecule has 2 aromatic carbocycles. The lowest BCUT2D eigenvalue weighted by molar-refractivity contribution is 0.102. The zero-order valence-corrected chi connectivity index (χ0v) is 20.7. The number of amides is 1. The van der Waals surface area contributed by atoms with E-state index in [2.05, 4.69) is 20.4 Å². The van der Waals surface area contributed by atoms with Crippen molar-refractivity contribution in [3.8, 4) is 5.69 Å². The molecule has 9 nitrogen and oxygen atoms in total. The number of nitrogens with two attached hydrogens (primary N) is 1. The third-order valence-corrected chi connectivity index (χ3v) is 6.46. The molecule has 11 heteroatoms. The number of nitrogens with zero attached hydrogens (tertiary/aromatic N) is 5. The number of carbonyl (C=O) groups excluding carboxylic acids is 1. The van der Waals surface area contributed by atoms with E-state index in [0.717, 1.165) is 41.2 Å². The first-order chi connectivity index (χ1) is 17.5. The third-order valence-electron chi connectivity index (χ3n) is 6.46. The van der Waals surface area contributed by atoms with E-state index in [0.29, 0.717) is 23.5 Å². The number of rotatable bonds is 5. The number of benzene rings is 2. The molecule has 3 heterocycles. The van der Waals surface area contributed by atoms with Gasteiger partial charge in [-0.25, -0.2) is 8.78 Å². The van der Waals surface area contributed by atoms with Gasteiger partial charge in [0.1, 0.15) is 11.4 Å². The number of para-hydroxylation sites is 1. The normalized spacial score (nSPS) is 17.6. The van der Waals surface area contributed by atoms with E-state index in [1.807, 2.05) is 37.7 Å². The quantitative estimate of drug-likeness (QED) is 0.427. The summed E-state index contributed by atoms with van der Waals surface area (Å²) in [7, 11) is 0. The molecule has 2 aromatic heterocycles. The van der Waals surface area contributed by atoms with Gasteiger partial charge in [0.2, 0.25) is 0 Å². The fourth-order valence-electron chi connectivity index (χ4n) is 4.55. The summed E-state index contributed by atoms with van der Waals surface area (Å²) in [5, 5.41) is 12.3. The van der Waals surface area contributed by atoms with Gasteiger partial charge in [-0.2, -0.15) is 14.9 Å². The molecule has 4 aromatic rings. The zero-order valence-electron chi connectivity index (χ0n) is 20.7. The molecule has 0 spiro atoms. The summed E-state index contributed by atoms with van der Waals surface area (Å²) in [5.41, 5.74) is 6.46. The highest BCUT2D eigenvalue weighted by molar-refractivity contribution is 6.08. The number of hydrogen-bond donors (Lipinski definition) is 2. The highest BCUT2D eigenvalue weighted by atomic mass is 19.1. The predicted octanol–water partition coefficient (Wildman–Crippen LogP) is 3.62. The average molecular weight is 508 g/mol. The third kappa shape index (κ3) is 4.57. The van der Waals surface area contributed by atoms with E-state index >= 15 is 0 Å². The molecule has 0 radical (unpaired) electrons. The maximum atomic E-state index is 14.3. The van der Waals surface area contributed by atoms with Crippen LogP contribution in [-0.4, -0.2) is 44.1 Å². The first-order valence-corrected chi connectivity index (χ1v) is 12.0. The molecule has 1 fully saturated rings. The molecule has 192 valence electrons. The minimum Gasteiger partial charge on any atom is -0.367 e. The predicted molar refractivity (Wildman–Crippen MR) is 137 cm³/mol. The first-order valence-electron chi connectivity index (χ1n) is 12.0. The largest absolute Gasteiger partial charge is 0.367 e. The SMILES string of the molecule is CC(C)n1cc2c(N3CC[C@@](C)(N)C3)c(NC(=O)c3ccc(=O)n(-c4c(F)cccc4F)n3)ccc2n1.